The molecule has 1 heteroatoms. The van der Waals surface area contributed by atoms with Crippen LogP contribution in [0.4, 0.5) is 0 Å². The molecular formula is C5H12Mg. The maximum atomic E-state index is 2.37. The summed E-state index contributed by atoms with van der Waals surface area (Å²) in [5, 5.41) is 2.37. The zero-order valence-corrected chi connectivity index (χ0v) is 6.24. The van der Waals surface area contributed by atoms with E-state index < -0.39 is 0 Å². The lowest BCUT2D eigenvalue weighted by molar-refractivity contribution is 0.880. The molecule has 0 bridgehead atoms. The van der Waals surface area contributed by atoms with E-state index in [1.807, 2.05) is 0 Å². The zero-order chi connectivity index (χ0) is 4.83. The van der Waals surface area contributed by atoms with Gasteiger partial charge in [-0.15, -0.1) is 4.55 Å². The number of hydrogen-bond acceptors (Lipinski definition) is 0. The Morgan fingerprint density at radius 2 is 2.17 bits per heavy atom. The molecule has 0 rings (SSSR count). The van der Waals surface area contributed by atoms with Crippen molar-refractivity contribution >= 4 is 20.4 Å². The first kappa shape index (κ1) is 6.77. The van der Waals surface area contributed by atoms with Gasteiger partial charge in [0.1, 0.15) is 0 Å². The van der Waals surface area contributed by atoms with E-state index in [0.717, 1.165) is 0 Å². The van der Waals surface area contributed by atoms with Crippen LogP contribution in [0.5, 0.6) is 0 Å². The van der Waals surface area contributed by atoms with Crippen molar-refractivity contribution in [1.29, 1.82) is 0 Å². The molecule has 0 aromatic rings. The van der Waals surface area contributed by atoms with Gasteiger partial charge in [-0.3, -0.25) is 0 Å². The highest BCUT2D eigenvalue weighted by Crippen LogP contribution is 1.90. The van der Waals surface area contributed by atoms with Crippen LogP contribution in [-0.2, 0) is 0 Å². The minimum atomic E-state index is 0.403. The fourth-order valence-corrected chi connectivity index (χ4v) is 1.50. The van der Waals surface area contributed by atoms with E-state index >= 15 is 0 Å². The van der Waals surface area contributed by atoms with Crippen LogP contribution in [0.25, 0.3) is 0 Å². The zero-order valence-electron chi connectivity index (χ0n) is 4.83. The smallest absolute Gasteiger partial charge is 0.157 e. The monoisotopic (exact) mass is 96.1 g/mol. The van der Waals surface area contributed by atoms with E-state index in [1.165, 1.54) is 12.8 Å². The number of hydrogen-bond donors (Lipinski definition) is 0. The molecule has 0 saturated carbocycles. The van der Waals surface area contributed by atoms with Gasteiger partial charge in [-0.2, -0.15) is 5.05 Å². The Morgan fingerprint density at radius 3 is 2.33 bits per heavy atom. The molecule has 0 N–H and O–H groups in total. The maximum absolute atomic E-state index is 2.37. The van der Waals surface area contributed by atoms with E-state index in [1.54, 1.807) is 4.55 Å². The van der Waals surface area contributed by atoms with Gasteiger partial charge < -0.3 is 0 Å². The molecule has 0 aromatic heterocycles. The molecule has 0 aliphatic carbocycles. The second-order valence-corrected chi connectivity index (χ2v) is 3.41. The number of unbranched alkanes of at least 4 members (excludes halogenated alkanes) is 1. The second kappa shape index (κ2) is 5.77. The van der Waals surface area contributed by atoms with Gasteiger partial charge in [-0.05, 0) is 0 Å². The van der Waals surface area contributed by atoms with Crippen molar-refractivity contribution in [3.63, 3.8) is 0 Å². The molecule has 0 spiro atoms. The van der Waals surface area contributed by atoms with Gasteiger partial charge in [-0.1, -0.05) is 19.8 Å². The summed E-state index contributed by atoms with van der Waals surface area (Å²) in [6, 6.07) is 0. The summed E-state index contributed by atoms with van der Waals surface area (Å²) < 4.78 is 1.55. The van der Waals surface area contributed by atoms with Gasteiger partial charge in [-0.25, -0.2) is 0 Å². The molecule has 0 aromatic carbocycles. The van der Waals surface area contributed by atoms with E-state index in [0.29, 0.717) is 20.4 Å². The summed E-state index contributed by atoms with van der Waals surface area (Å²) in [6.45, 7) is 2.25. The minimum absolute atomic E-state index is 0.403. The molecule has 0 saturated heterocycles. The van der Waals surface area contributed by atoms with Gasteiger partial charge >= 0.3 is 20.4 Å². The van der Waals surface area contributed by atoms with Gasteiger partial charge in [0.2, 0.25) is 0 Å². The lowest BCUT2D eigenvalue weighted by Crippen LogP contribution is -1.76. The predicted octanol–water partition coefficient (Wildman–Crippen LogP) is 1.96. The average molecular weight is 96.5 g/mol. The molecule has 0 atom stereocenters. The van der Waals surface area contributed by atoms with Gasteiger partial charge in [0, 0.05) is 0 Å². The first-order valence-corrected chi connectivity index (χ1v) is 5.33. The van der Waals surface area contributed by atoms with Crippen LogP contribution in [0.1, 0.15) is 19.8 Å². The van der Waals surface area contributed by atoms with Crippen LogP contribution in [0.15, 0.2) is 0 Å². The summed E-state index contributed by atoms with van der Waals surface area (Å²) in [5.41, 5.74) is 0. The Kier molecular flexibility index (Phi) is 6.50. The van der Waals surface area contributed by atoms with Crippen LogP contribution in [-0.4, -0.2) is 20.4 Å². The largest absolute Gasteiger partial charge is 0.360 e. The van der Waals surface area contributed by atoms with E-state index in [-0.39, 0.29) is 0 Å². The van der Waals surface area contributed by atoms with Crippen LogP contribution in [0.3, 0.4) is 0 Å². The molecule has 0 aliphatic heterocycles. The normalized spacial score (nSPS) is 7.67. The van der Waals surface area contributed by atoms with Crippen LogP contribution in [0, 0.1) is 0 Å². The average Bonchev–Trinajstić information content (AvgIpc) is 1.61. The highest BCUT2D eigenvalue weighted by Gasteiger charge is 1.81. The first-order valence-electron chi connectivity index (χ1n) is 2.91. The number of rotatable bonds is 3. The van der Waals surface area contributed by atoms with Gasteiger partial charge in [0.05, 0.1) is 0 Å². The second-order valence-electron chi connectivity index (χ2n) is 1.71. The lowest BCUT2D eigenvalue weighted by atomic mass is 10.4. The van der Waals surface area contributed by atoms with Crippen molar-refractivity contribution in [3.8, 4) is 0 Å². The Morgan fingerprint density at radius 1 is 1.50 bits per heavy atom. The molecular weight excluding hydrogens is 84.4 g/mol. The van der Waals surface area contributed by atoms with E-state index in [2.05, 4.69) is 12.0 Å². The third-order valence-electron chi connectivity index (χ3n) is 0.957. The Hall–Kier alpha value is 0.766. The third-order valence-corrected chi connectivity index (χ3v) is 2.16. The summed E-state index contributed by atoms with van der Waals surface area (Å²) in [5.74, 6) is 0. The Bertz CT molecular complexity index is 15.9. The van der Waals surface area contributed by atoms with Crippen molar-refractivity contribution < 1.29 is 0 Å². The van der Waals surface area contributed by atoms with E-state index in [4.69, 9.17) is 0 Å². The maximum Gasteiger partial charge on any atom is 0.360 e. The lowest BCUT2D eigenvalue weighted by Gasteiger charge is -1.84. The van der Waals surface area contributed by atoms with Gasteiger partial charge in [0.15, 0.2) is 0 Å². The molecule has 34 valence electrons. The molecule has 0 fully saturated rings. The summed E-state index contributed by atoms with van der Waals surface area (Å²) >= 11 is 0.403. The Labute approximate surface area is 50.0 Å². The Balaban J connectivity index is 2.34. The fourth-order valence-electron chi connectivity index (χ4n) is 0.500. The van der Waals surface area contributed by atoms with Crippen molar-refractivity contribution in [2.75, 3.05) is 0 Å². The summed E-state index contributed by atoms with van der Waals surface area (Å²) in [7, 11) is 0. The van der Waals surface area contributed by atoms with Crippen LogP contribution >= 0.6 is 0 Å². The SMILES string of the molecule is CCC[CH2][Mg][CH3]. The quantitative estimate of drug-likeness (QED) is 0.372. The highest BCUT2D eigenvalue weighted by atomic mass is 24.5. The van der Waals surface area contributed by atoms with Crippen molar-refractivity contribution in [2.24, 2.45) is 0 Å². The highest BCUT2D eigenvalue weighted by molar-refractivity contribution is 6.33. The van der Waals surface area contributed by atoms with Gasteiger partial charge in [0.25, 0.3) is 0 Å². The molecule has 0 radical (unpaired) electrons. The topological polar surface area (TPSA) is 0 Å². The van der Waals surface area contributed by atoms with Crippen molar-refractivity contribution in [1.82, 2.24) is 0 Å². The summed E-state index contributed by atoms with van der Waals surface area (Å²) in [4.78, 5) is 0. The predicted molar refractivity (Wildman–Crippen MR) is 31.3 cm³/mol. The first-order chi connectivity index (χ1) is 2.91. The molecule has 0 unspecified atom stereocenters. The van der Waals surface area contributed by atoms with Crippen molar-refractivity contribution in [3.05, 3.63) is 0 Å². The molecule has 6 heavy (non-hydrogen) atoms. The molecule has 0 nitrogen and oxygen atoms in total. The molecule has 0 aliphatic rings. The van der Waals surface area contributed by atoms with E-state index in [9.17, 15) is 0 Å². The van der Waals surface area contributed by atoms with Crippen LogP contribution < -0.4 is 0 Å². The third kappa shape index (κ3) is 4.77. The minimum Gasteiger partial charge on any atom is -0.157 e. The standard InChI is InChI=1S/C4H9.CH3.Mg/c1-3-4-2;;/h1,3-4H2,2H3;1H3;. The van der Waals surface area contributed by atoms with Crippen molar-refractivity contribution in [2.45, 2.75) is 29.4 Å². The molecule has 0 amide bonds. The van der Waals surface area contributed by atoms with Crippen LogP contribution in [0.2, 0.25) is 9.60 Å². The fraction of sp³-hybridized carbons (Fsp3) is 1.00. The summed E-state index contributed by atoms with van der Waals surface area (Å²) in [6.07, 6.45) is 2.86. The molecule has 0 heterocycles.